The summed E-state index contributed by atoms with van der Waals surface area (Å²) in [5.74, 6) is 5.07. The van der Waals surface area contributed by atoms with Gasteiger partial charge >= 0.3 is 0 Å². The molecular weight excluding hydrogens is 108 g/mol. The predicted molar refractivity (Wildman–Crippen MR) is 34.9 cm³/mol. The van der Waals surface area contributed by atoms with Gasteiger partial charge in [-0.3, -0.25) is 0 Å². The number of rotatable bonds is 0. The van der Waals surface area contributed by atoms with Gasteiger partial charge in [-0.1, -0.05) is 0 Å². The Labute approximate surface area is 55.6 Å². The van der Waals surface area contributed by atoms with Gasteiger partial charge in [0, 0.05) is 0 Å². The van der Waals surface area contributed by atoms with Crippen molar-refractivity contribution < 1.29 is 0 Å². The van der Waals surface area contributed by atoms with Crippen molar-refractivity contribution in [3.8, 4) is 0 Å². The summed E-state index contributed by atoms with van der Waals surface area (Å²) in [6.07, 6.45) is 6.51. The van der Waals surface area contributed by atoms with E-state index in [2.05, 4.69) is 0 Å². The minimum Gasteiger partial charge on any atom is -0.0468 e. The van der Waals surface area contributed by atoms with Crippen molar-refractivity contribution in [2.45, 2.75) is 25.7 Å². The van der Waals surface area contributed by atoms with Gasteiger partial charge in [0.25, 0.3) is 0 Å². The molecule has 0 aromatic heterocycles. The summed E-state index contributed by atoms with van der Waals surface area (Å²) in [6, 6.07) is 0. The first-order valence-corrected chi connectivity index (χ1v) is 4.41. The Morgan fingerprint density at radius 1 is 1.22 bits per heavy atom. The van der Waals surface area contributed by atoms with Crippen LogP contribution in [0.1, 0.15) is 25.7 Å². The van der Waals surface area contributed by atoms with Gasteiger partial charge in [0.15, 0.2) is 0 Å². The molecule has 0 aliphatic heterocycles. The van der Waals surface area contributed by atoms with Crippen LogP contribution in [0.2, 0.25) is 0 Å². The fourth-order valence-electron chi connectivity index (χ4n) is 4.10. The third kappa shape index (κ3) is 0.249. The molecule has 1 spiro atoms. The highest BCUT2D eigenvalue weighted by atomic mass is 14.8. The van der Waals surface area contributed by atoms with Gasteiger partial charge in [0.2, 0.25) is 0 Å². The zero-order chi connectivity index (χ0) is 5.64. The summed E-state index contributed by atoms with van der Waals surface area (Å²) in [6.45, 7) is 0. The summed E-state index contributed by atoms with van der Waals surface area (Å²) in [4.78, 5) is 0. The molecule has 4 aliphatic rings. The van der Waals surface area contributed by atoms with Crippen molar-refractivity contribution in [1.29, 1.82) is 0 Å². The lowest BCUT2D eigenvalue weighted by molar-refractivity contribution is 0.220. The van der Waals surface area contributed by atoms with Crippen LogP contribution in [0.25, 0.3) is 0 Å². The molecule has 4 atom stereocenters. The molecule has 9 heavy (non-hydrogen) atoms. The fraction of sp³-hybridized carbons (Fsp3) is 1.00. The van der Waals surface area contributed by atoms with Crippen molar-refractivity contribution in [3.63, 3.8) is 0 Å². The van der Waals surface area contributed by atoms with E-state index in [4.69, 9.17) is 0 Å². The molecule has 48 valence electrons. The Bertz CT molecular complexity index is 190. The van der Waals surface area contributed by atoms with Crippen molar-refractivity contribution in [1.82, 2.24) is 0 Å². The van der Waals surface area contributed by atoms with E-state index in [1.807, 2.05) is 0 Å². The second kappa shape index (κ2) is 0.810. The van der Waals surface area contributed by atoms with E-state index in [1.165, 1.54) is 23.7 Å². The van der Waals surface area contributed by atoms with E-state index < -0.39 is 0 Å². The largest absolute Gasteiger partial charge is 0.0468 e. The van der Waals surface area contributed by atoms with Crippen LogP contribution in [0, 0.1) is 29.1 Å². The zero-order valence-corrected chi connectivity index (χ0v) is 5.64. The first-order valence-electron chi connectivity index (χ1n) is 4.41. The van der Waals surface area contributed by atoms with Crippen molar-refractivity contribution in [2.75, 3.05) is 0 Å². The van der Waals surface area contributed by atoms with Crippen molar-refractivity contribution in [2.24, 2.45) is 29.1 Å². The molecular formula is C9H12. The van der Waals surface area contributed by atoms with Crippen molar-refractivity contribution in [3.05, 3.63) is 0 Å². The van der Waals surface area contributed by atoms with Gasteiger partial charge in [0.05, 0.1) is 0 Å². The smallest absolute Gasteiger partial charge is 0.0260 e. The van der Waals surface area contributed by atoms with Gasteiger partial charge in [-0.25, -0.2) is 0 Å². The highest BCUT2D eigenvalue weighted by Crippen LogP contribution is 2.85. The molecule has 4 unspecified atom stereocenters. The second-order valence-corrected chi connectivity index (χ2v) is 4.83. The number of fused-ring (bicyclic) bond motifs is 2. The van der Waals surface area contributed by atoms with Crippen LogP contribution in [-0.4, -0.2) is 0 Å². The Kier molecular flexibility index (Phi) is 0.360. The summed E-state index contributed by atoms with van der Waals surface area (Å²) in [5.41, 5.74) is 0.998. The van der Waals surface area contributed by atoms with Crippen LogP contribution >= 0.6 is 0 Å². The molecule has 0 nitrogen and oxygen atoms in total. The second-order valence-electron chi connectivity index (χ2n) is 4.83. The van der Waals surface area contributed by atoms with Crippen LogP contribution in [0.15, 0.2) is 0 Å². The van der Waals surface area contributed by atoms with E-state index in [9.17, 15) is 0 Å². The average molecular weight is 120 g/mol. The van der Waals surface area contributed by atoms with E-state index in [-0.39, 0.29) is 0 Å². The van der Waals surface area contributed by atoms with Gasteiger partial charge in [0.1, 0.15) is 0 Å². The molecule has 4 fully saturated rings. The molecule has 0 heteroatoms. The highest BCUT2D eigenvalue weighted by molar-refractivity contribution is 5.26. The quantitative estimate of drug-likeness (QED) is 0.459. The average Bonchev–Trinajstić information content (AvgIpc) is 2.60. The highest BCUT2D eigenvalue weighted by Gasteiger charge is 2.78. The van der Waals surface area contributed by atoms with Crippen molar-refractivity contribution >= 4 is 0 Å². The number of hydrogen-bond donors (Lipinski definition) is 0. The van der Waals surface area contributed by atoms with Gasteiger partial charge < -0.3 is 0 Å². The monoisotopic (exact) mass is 120 g/mol. The molecule has 0 aromatic carbocycles. The molecule has 4 aliphatic carbocycles. The minimum absolute atomic E-state index is 0.998. The van der Waals surface area contributed by atoms with Crippen LogP contribution in [0.4, 0.5) is 0 Å². The van der Waals surface area contributed by atoms with E-state index in [0.717, 1.165) is 5.41 Å². The maximum absolute atomic E-state index is 1.65. The lowest BCUT2D eigenvalue weighted by Crippen LogP contribution is -2.19. The van der Waals surface area contributed by atoms with E-state index in [1.54, 1.807) is 25.7 Å². The van der Waals surface area contributed by atoms with Crippen LogP contribution in [0.3, 0.4) is 0 Å². The van der Waals surface area contributed by atoms with Crippen LogP contribution in [-0.2, 0) is 0 Å². The molecule has 0 amide bonds. The molecule has 0 bridgehead atoms. The molecule has 0 N–H and O–H groups in total. The lowest BCUT2D eigenvalue weighted by atomic mass is 9.78. The molecule has 0 heterocycles. The fourth-order valence-corrected chi connectivity index (χ4v) is 4.10. The molecule has 0 radical (unpaired) electrons. The first-order chi connectivity index (χ1) is 4.41. The first kappa shape index (κ1) is 4.00. The number of hydrogen-bond acceptors (Lipinski definition) is 0. The lowest BCUT2D eigenvalue weighted by Gasteiger charge is -2.27. The van der Waals surface area contributed by atoms with E-state index in [0.29, 0.717) is 0 Å². The summed E-state index contributed by atoms with van der Waals surface area (Å²) in [5, 5.41) is 0. The topological polar surface area (TPSA) is 0 Å². The molecule has 4 saturated carbocycles. The molecule has 0 saturated heterocycles. The Morgan fingerprint density at radius 2 is 2.11 bits per heavy atom. The Morgan fingerprint density at radius 3 is 2.44 bits per heavy atom. The van der Waals surface area contributed by atoms with Gasteiger partial charge in [-0.2, -0.15) is 0 Å². The third-order valence-corrected chi connectivity index (χ3v) is 4.62. The maximum atomic E-state index is 1.65. The Balaban J connectivity index is 1.88. The van der Waals surface area contributed by atoms with Crippen LogP contribution in [0.5, 0.6) is 0 Å². The van der Waals surface area contributed by atoms with Gasteiger partial charge in [-0.15, -0.1) is 0 Å². The Hall–Kier alpha value is 0. The van der Waals surface area contributed by atoms with Gasteiger partial charge in [-0.05, 0) is 54.8 Å². The van der Waals surface area contributed by atoms with E-state index >= 15 is 0 Å². The summed E-state index contributed by atoms with van der Waals surface area (Å²) < 4.78 is 0. The zero-order valence-electron chi connectivity index (χ0n) is 5.64. The summed E-state index contributed by atoms with van der Waals surface area (Å²) >= 11 is 0. The predicted octanol–water partition coefficient (Wildman–Crippen LogP) is 2.05. The standard InChI is InChI=1S/C9H12/c1-2-9(1)4-5-3-6-7(5)8(6)9/h5-8H,1-4H2. The maximum Gasteiger partial charge on any atom is -0.0260 e. The van der Waals surface area contributed by atoms with Crippen LogP contribution < -0.4 is 0 Å². The SMILES string of the molecule is C1C2CC3(CC3)C3C1C23. The third-order valence-electron chi connectivity index (χ3n) is 4.62. The molecule has 4 rings (SSSR count). The summed E-state index contributed by atoms with van der Waals surface area (Å²) in [7, 11) is 0. The minimum atomic E-state index is 0.998. The molecule has 0 aromatic rings. The normalized spacial score (nSPS) is 69.3.